The van der Waals surface area contributed by atoms with Crippen LogP contribution in [0.2, 0.25) is 0 Å². The number of nitro benzene ring substituents is 1. The summed E-state index contributed by atoms with van der Waals surface area (Å²) in [5, 5.41) is 21.8. The van der Waals surface area contributed by atoms with Crippen LogP contribution in [0.5, 0.6) is 0 Å². The summed E-state index contributed by atoms with van der Waals surface area (Å²) in [6.45, 7) is 0. The molecule has 0 amide bonds. The third kappa shape index (κ3) is 4.81. The molecule has 0 aromatic heterocycles. The van der Waals surface area contributed by atoms with Gasteiger partial charge in [-0.3, -0.25) is 10.1 Å². The number of halogens is 1. The molecule has 0 aliphatic rings. The first-order valence-electron chi connectivity index (χ1n) is 6.91. The Hall–Kier alpha value is -2.85. The average molecular weight is 367 g/mol. The number of carbonyl (C=O) groups is 1. The monoisotopic (exact) mass is 367 g/mol. The maximum absolute atomic E-state index is 12.9. The quantitative estimate of drug-likeness (QED) is 0.571. The lowest BCUT2D eigenvalue weighted by molar-refractivity contribution is -0.385. The Morgan fingerprint density at radius 1 is 1.20 bits per heavy atom. The standard InChI is InChI=1S/C15H13FN2O6S/c16-11-4-6-13(7-5-11)25(23,24)17-14(9-15(19)20)10-2-1-3-12(8-10)18(21)22/h1-8,14,17H,9H2,(H,19,20)/p-1. The number of non-ortho nitro benzene ring substituents is 1. The van der Waals surface area contributed by atoms with E-state index in [4.69, 9.17) is 0 Å². The van der Waals surface area contributed by atoms with Gasteiger partial charge in [0.15, 0.2) is 0 Å². The van der Waals surface area contributed by atoms with E-state index in [1.807, 2.05) is 0 Å². The summed E-state index contributed by atoms with van der Waals surface area (Å²) >= 11 is 0. The number of nitro groups is 1. The lowest BCUT2D eigenvalue weighted by atomic mass is 10.0. The highest BCUT2D eigenvalue weighted by atomic mass is 32.2. The van der Waals surface area contributed by atoms with Gasteiger partial charge in [-0.2, -0.15) is 0 Å². The Labute approximate surface area is 142 Å². The van der Waals surface area contributed by atoms with Gasteiger partial charge in [-0.05, 0) is 29.8 Å². The number of carbonyl (C=O) groups excluding carboxylic acids is 1. The first kappa shape index (κ1) is 18.5. The Morgan fingerprint density at radius 3 is 2.40 bits per heavy atom. The van der Waals surface area contributed by atoms with Crippen molar-refractivity contribution in [1.82, 2.24) is 4.72 Å². The molecule has 8 nitrogen and oxygen atoms in total. The summed E-state index contributed by atoms with van der Waals surface area (Å²) < 4.78 is 39.8. The number of sulfonamides is 1. The number of carboxylic acid groups (broad SMARTS) is 1. The smallest absolute Gasteiger partial charge is 0.269 e. The minimum Gasteiger partial charge on any atom is -0.550 e. The molecular formula is C15H12FN2O6S-. The van der Waals surface area contributed by atoms with Crippen molar-refractivity contribution in [3.05, 3.63) is 70.0 Å². The van der Waals surface area contributed by atoms with E-state index in [1.54, 1.807) is 0 Å². The van der Waals surface area contributed by atoms with Crippen molar-refractivity contribution in [3.8, 4) is 0 Å². The van der Waals surface area contributed by atoms with Gasteiger partial charge >= 0.3 is 0 Å². The van der Waals surface area contributed by atoms with Crippen molar-refractivity contribution in [2.75, 3.05) is 0 Å². The molecule has 0 fully saturated rings. The molecule has 2 aromatic rings. The third-order valence-electron chi connectivity index (χ3n) is 3.28. The molecule has 1 unspecified atom stereocenters. The Bertz CT molecular complexity index is 898. The summed E-state index contributed by atoms with van der Waals surface area (Å²) in [6, 6.07) is 7.54. The van der Waals surface area contributed by atoms with Gasteiger partial charge in [0.25, 0.3) is 5.69 Å². The van der Waals surface area contributed by atoms with E-state index in [1.165, 1.54) is 18.2 Å². The number of nitrogens with zero attached hydrogens (tertiary/aromatic N) is 1. The molecule has 2 rings (SSSR count). The molecule has 1 N–H and O–H groups in total. The molecule has 25 heavy (non-hydrogen) atoms. The fourth-order valence-corrected chi connectivity index (χ4v) is 3.34. The van der Waals surface area contributed by atoms with Crippen molar-refractivity contribution < 1.29 is 27.6 Å². The largest absolute Gasteiger partial charge is 0.550 e. The highest BCUT2D eigenvalue weighted by molar-refractivity contribution is 7.89. The van der Waals surface area contributed by atoms with Crippen LogP contribution in [0, 0.1) is 15.9 Å². The zero-order chi connectivity index (χ0) is 18.6. The van der Waals surface area contributed by atoms with Crippen molar-refractivity contribution in [1.29, 1.82) is 0 Å². The van der Waals surface area contributed by atoms with Crippen molar-refractivity contribution in [2.24, 2.45) is 0 Å². The zero-order valence-corrected chi connectivity index (χ0v) is 13.4. The van der Waals surface area contributed by atoms with Gasteiger partial charge in [0.2, 0.25) is 10.0 Å². The first-order chi connectivity index (χ1) is 11.7. The van der Waals surface area contributed by atoms with Gasteiger partial charge in [0, 0.05) is 24.5 Å². The second-order valence-corrected chi connectivity index (χ2v) is 6.77. The van der Waals surface area contributed by atoms with Crippen molar-refractivity contribution in [3.63, 3.8) is 0 Å². The van der Waals surface area contributed by atoms with Gasteiger partial charge in [0.1, 0.15) is 5.82 Å². The van der Waals surface area contributed by atoms with E-state index in [9.17, 15) is 32.8 Å². The molecule has 0 radical (unpaired) electrons. The lowest BCUT2D eigenvalue weighted by Gasteiger charge is -2.19. The third-order valence-corrected chi connectivity index (χ3v) is 4.76. The highest BCUT2D eigenvalue weighted by Gasteiger charge is 2.23. The Kier molecular flexibility index (Phi) is 5.45. The second kappa shape index (κ2) is 7.36. The van der Waals surface area contributed by atoms with Crippen LogP contribution in [0.1, 0.15) is 18.0 Å². The summed E-state index contributed by atoms with van der Waals surface area (Å²) in [5.41, 5.74) is -0.231. The van der Waals surface area contributed by atoms with Gasteiger partial charge < -0.3 is 9.90 Å². The minimum atomic E-state index is -4.18. The molecule has 0 aliphatic carbocycles. The first-order valence-corrected chi connectivity index (χ1v) is 8.39. The predicted molar refractivity (Wildman–Crippen MR) is 82.2 cm³/mol. The normalized spacial score (nSPS) is 12.5. The van der Waals surface area contributed by atoms with E-state index in [2.05, 4.69) is 4.72 Å². The summed E-state index contributed by atoms with van der Waals surface area (Å²) in [4.78, 5) is 20.8. The van der Waals surface area contributed by atoms with Crippen LogP contribution in [-0.2, 0) is 14.8 Å². The summed E-state index contributed by atoms with van der Waals surface area (Å²) in [5.74, 6) is -2.18. The molecule has 0 spiro atoms. The molecule has 0 aliphatic heterocycles. The van der Waals surface area contributed by atoms with E-state index >= 15 is 0 Å². The van der Waals surface area contributed by atoms with Gasteiger partial charge in [-0.25, -0.2) is 17.5 Å². The molecule has 0 saturated heterocycles. The molecular weight excluding hydrogens is 355 g/mol. The number of carboxylic acids is 1. The fraction of sp³-hybridized carbons (Fsp3) is 0.133. The number of nitrogens with one attached hydrogen (secondary N) is 1. The van der Waals surface area contributed by atoms with Crippen LogP contribution in [0.25, 0.3) is 0 Å². The molecule has 10 heteroatoms. The SMILES string of the molecule is O=C([O-])CC(NS(=O)(=O)c1ccc(F)cc1)c1cccc([N+](=O)[O-])c1. The maximum atomic E-state index is 12.9. The van der Waals surface area contributed by atoms with Gasteiger partial charge in [0.05, 0.1) is 15.9 Å². The van der Waals surface area contributed by atoms with Crippen LogP contribution in [0.15, 0.2) is 53.4 Å². The zero-order valence-electron chi connectivity index (χ0n) is 12.6. The van der Waals surface area contributed by atoms with Crippen LogP contribution >= 0.6 is 0 Å². The van der Waals surface area contributed by atoms with Crippen LogP contribution < -0.4 is 9.83 Å². The number of rotatable bonds is 7. The second-order valence-electron chi connectivity index (χ2n) is 5.06. The van der Waals surface area contributed by atoms with Crippen molar-refractivity contribution >= 4 is 21.7 Å². The molecule has 2 aromatic carbocycles. The van der Waals surface area contributed by atoms with Crippen LogP contribution in [0.3, 0.4) is 0 Å². The average Bonchev–Trinajstić information content (AvgIpc) is 2.54. The lowest BCUT2D eigenvalue weighted by Crippen LogP contribution is -2.34. The maximum Gasteiger partial charge on any atom is 0.269 e. The molecule has 0 bridgehead atoms. The van der Waals surface area contributed by atoms with Gasteiger partial charge in [-0.15, -0.1) is 0 Å². The number of hydrogen-bond donors (Lipinski definition) is 1. The number of benzene rings is 2. The fourth-order valence-electron chi connectivity index (χ4n) is 2.12. The summed E-state index contributed by atoms with van der Waals surface area (Å²) in [7, 11) is -4.18. The topological polar surface area (TPSA) is 129 Å². The molecule has 0 heterocycles. The molecule has 132 valence electrons. The summed E-state index contributed by atoms with van der Waals surface area (Å²) in [6.07, 6.45) is -0.735. The van der Waals surface area contributed by atoms with Crippen LogP contribution in [0.4, 0.5) is 10.1 Å². The number of aliphatic carboxylic acids is 1. The van der Waals surface area contributed by atoms with E-state index in [0.29, 0.717) is 0 Å². The predicted octanol–water partition coefficient (Wildman–Crippen LogP) is 0.893. The Balaban J connectivity index is 2.38. The molecule has 1 atom stereocenters. The number of hydrogen-bond acceptors (Lipinski definition) is 6. The van der Waals surface area contributed by atoms with Crippen molar-refractivity contribution in [2.45, 2.75) is 17.4 Å². The minimum absolute atomic E-state index is 0.0871. The van der Waals surface area contributed by atoms with E-state index < -0.39 is 39.2 Å². The highest BCUT2D eigenvalue weighted by Crippen LogP contribution is 2.24. The van der Waals surface area contributed by atoms with E-state index in [0.717, 1.165) is 30.3 Å². The Morgan fingerprint density at radius 2 is 1.84 bits per heavy atom. The molecule has 0 saturated carbocycles. The van der Waals surface area contributed by atoms with E-state index in [-0.39, 0.29) is 16.1 Å². The van der Waals surface area contributed by atoms with Gasteiger partial charge in [-0.1, -0.05) is 12.1 Å². The van der Waals surface area contributed by atoms with Crippen LogP contribution in [-0.4, -0.2) is 19.3 Å².